The normalized spacial score (nSPS) is 27.9. The van der Waals surface area contributed by atoms with Crippen LogP contribution in [0.3, 0.4) is 0 Å². The lowest BCUT2D eigenvalue weighted by Crippen LogP contribution is -2.11. The molecule has 0 aliphatic heterocycles. The quantitative estimate of drug-likeness (QED) is 0.696. The predicted molar refractivity (Wildman–Crippen MR) is 54.7 cm³/mol. The number of aliphatic hydroxyl groups excluding tert-OH is 2. The fraction of sp³-hybridized carbons (Fsp3) is 0.333. The largest absolute Gasteiger partial charge is 0.389 e. The third-order valence-electron chi connectivity index (χ3n) is 2.64. The summed E-state index contributed by atoms with van der Waals surface area (Å²) < 4.78 is 0. The van der Waals surface area contributed by atoms with Crippen molar-refractivity contribution in [3.63, 3.8) is 0 Å². The topological polar surface area (TPSA) is 40.5 Å². The highest BCUT2D eigenvalue weighted by molar-refractivity contribution is 5.20. The SMILES string of the molecule is O[C@H]1C=C[C@H]([C@@H](O)c2ccccc2)C1. The minimum Gasteiger partial charge on any atom is -0.389 e. The van der Waals surface area contributed by atoms with Gasteiger partial charge in [0.2, 0.25) is 0 Å². The fourth-order valence-electron chi connectivity index (χ4n) is 1.84. The summed E-state index contributed by atoms with van der Waals surface area (Å²) in [5, 5.41) is 19.3. The van der Waals surface area contributed by atoms with Crippen LogP contribution < -0.4 is 0 Å². The summed E-state index contributed by atoms with van der Waals surface area (Å²) >= 11 is 0. The van der Waals surface area contributed by atoms with Crippen molar-refractivity contribution in [2.45, 2.75) is 18.6 Å². The maximum Gasteiger partial charge on any atom is 0.0853 e. The molecule has 0 aromatic heterocycles. The van der Waals surface area contributed by atoms with Crippen LogP contribution in [-0.4, -0.2) is 16.3 Å². The Hall–Kier alpha value is -1.12. The summed E-state index contributed by atoms with van der Waals surface area (Å²) in [7, 11) is 0. The Bertz CT molecular complexity index is 318. The molecule has 0 amide bonds. The molecule has 1 aromatic carbocycles. The maximum atomic E-state index is 9.98. The lowest BCUT2D eigenvalue weighted by atomic mass is 9.95. The molecular formula is C12H14O2. The second-order valence-corrected chi connectivity index (χ2v) is 3.71. The minimum absolute atomic E-state index is 0.0485. The number of aliphatic hydroxyl groups is 2. The first kappa shape index (κ1) is 9.44. The van der Waals surface area contributed by atoms with Crippen molar-refractivity contribution in [3.05, 3.63) is 48.0 Å². The summed E-state index contributed by atoms with van der Waals surface area (Å²) in [6, 6.07) is 9.56. The second-order valence-electron chi connectivity index (χ2n) is 3.71. The zero-order valence-corrected chi connectivity index (χ0v) is 7.88. The van der Waals surface area contributed by atoms with Gasteiger partial charge in [-0.1, -0.05) is 42.5 Å². The third kappa shape index (κ3) is 1.86. The molecule has 2 rings (SSSR count). The molecule has 0 heterocycles. The van der Waals surface area contributed by atoms with Gasteiger partial charge in [0.25, 0.3) is 0 Å². The van der Waals surface area contributed by atoms with Crippen molar-refractivity contribution in [1.29, 1.82) is 0 Å². The van der Waals surface area contributed by atoms with Crippen LogP contribution in [0.15, 0.2) is 42.5 Å². The van der Waals surface area contributed by atoms with Crippen LogP contribution in [0, 0.1) is 5.92 Å². The Morgan fingerprint density at radius 3 is 2.43 bits per heavy atom. The van der Waals surface area contributed by atoms with Crippen LogP contribution in [0.25, 0.3) is 0 Å². The lowest BCUT2D eigenvalue weighted by Gasteiger charge is -2.17. The molecule has 3 atom stereocenters. The molecule has 0 spiro atoms. The predicted octanol–water partition coefficient (Wildman–Crippen LogP) is 1.66. The Kier molecular flexibility index (Phi) is 2.66. The van der Waals surface area contributed by atoms with E-state index in [1.54, 1.807) is 6.08 Å². The Labute approximate surface area is 83.5 Å². The molecule has 2 heteroatoms. The van der Waals surface area contributed by atoms with Crippen molar-refractivity contribution >= 4 is 0 Å². The molecule has 14 heavy (non-hydrogen) atoms. The first-order valence-electron chi connectivity index (χ1n) is 4.87. The van der Waals surface area contributed by atoms with Crippen LogP contribution in [0.5, 0.6) is 0 Å². The van der Waals surface area contributed by atoms with Crippen LogP contribution in [0.1, 0.15) is 18.1 Å². The molecule has 0 fully saturated rings. The van der Waals surface area contributed by atoms with Crippen LogP contribution in [0.2, 0.25) is 0 Å². The fourth-order valence-corrected chi connectivity index (χ4v) is 1.84. The third-order valence-corrected chi connectivity index (χ3v) is 2.64. The van der Waals surface area contributed by atoms with E-state index in [1.807, 2.05) is 36.4 Å². The molecule has 1 aliphatic carbocycles. The Morgan fingerprint density at radius 1 is 1.14 bits per heavy atom. The first-order valence-corrected chi connectivity index (χ1v) is 4.87. The van der Waals surface area contributed by atoms with E-state index in [2.05, 4.69) is 0 Å². The summed E-state index contributed by atoms with van der Waals surface area (Å²) in [4.78, 5) is 0. The molecule has 0 saturated heterocycles. The van der Waals surface area contributed by atoms with Gasteiger partial charge in [0.05, 0.1) is 12.2 Å². The average Bonchev–Trinajstić information content (AvgIpc) is 2.65. The van der Waals surface area contributed by atoms with Gasteiger partial charge in [0.1, 0.15) is 0 Å². The van der Waals surface area contributed by atoms with Gasteiger partial charge >= 0.3 is 0 Å². The first-order chi connectivity index (χ1) is 6.77. The van der Waals surface area contributed by atoms with E-state index < -0.39 is 12.2 Å². The van der Waals surface area contributed by atoms with Crippen molar-refractivity contribution in [1.82, 2.24) is 0 Å². The van der Waals surface area contributed by atoms with Gasteiger partial charge in [-0.25, -0.2) is 0 Å². The zero-order valence-electron chi connectivity index (χ0n) is 7.88. The molecule has 2 nitrogen and oxygen atoms in total. The van der Waals surface area contributed by atoms with Gasteiger partial charge in [0.15, 0.2) is 0 Å². The van der Waals surface area contributed by atoms with Gasteiger partial charge < -0.3 is 10.2 Å². The highest BCUT2D eigenvalue weighted by Crippen LogP contribution is 2.30. The van der Waals surface area contributed by atoms with Crippen molar-refractivity contribution < 1.29 is 10.2 Å². The molecule has 74 valence electrons. The van der Waals surface area contributed by atoms with Gasteiger partial charge in [0, 0.05) is 5.92 Å². The van der Waals surface area contributed by atoms with Crippen molar-refractivity contribution in [2.75, 3.05) is 0 Å². The van der Waals surface area contributed by atoms with E-state index in [4.69, 9.17) is 0 Å². The number of rotatable bonds is 2. The van der Waals surface area contributed by atoms with Gasteiger partial charge in [-0.15, -0.1) is 0 Å². The van der Waals surface area contributed by atoms with Gasteiger partial charge in [-0.05, 0) is 12.0 Å². The molecule has 0 saturated carbocycles. The van der Waals surface area contributed by atoms with Gasteiger partial charge in [-0.3, -0.25) is 0 Å². The summed E-state index contributed by atoms with van der Waals surface area (Å²) in [5.74, 6) is 0.0485. The van der Waals surface area contributed by atoms with E-state index in [0.717, 1.165) is 5.56 Å². The highest BCUT2D eigenvalue weighted by atomic mass is 16.3. The van der Waals surface area contributed by atoms with Gasteiger partial charge in [-0.2, -0.15) is 0 Å². The molecule has 2 N–H and O–H groups in total. The van der Waals surface area contributed by atoms with E-state index in [9.17, 15) is 10.2 Å². The Balaban J connectivity index is 2.10. The summed E-state index contributed by atoms with van der Waals surface area (Å²) in [6.07, 6.45) is 3.37. The average molecular weight is 190 g/mol. The number of hydrogen-bond acceptors (Lipinski definition) is 2. The van der Waals surface area contributed by atoms with E-state index in [-0.39, 0.29) is 5.92 Å². The zero-order chi connectivity index (χ0) is 9.97. The van der Waals surface area contributed by atoms with Crippen LogP contribution >= 0.6 is 0 Å². The second kappa shape index (κ2) is 3.95. The standard InChI is InChI=1S/C12H14O2/c13-11-7-6-10(8-11)12(14)9-4-2-1-3-5-9/h1-7,10-14H,8H2/t10-,11-,12-/m0/s1. The van der Waals surface area contributed by atoms with E-state index in [1.165, 1.54) is 0 Å². The molecule has 1 aromatic rings. The van der Waals surface area contributed by atoms with Crippen LogP contribution in [0.4, 0.5) is 0 Å². The Morgan fingerprint density at radius 2 is 1.86 bits per heavy atom. The lowest BCUT2D eigenvalue weighted by molar-refractivity contribution is 0.108. The maximum absolute atomic E-state index is 9.98. The molecule has 0 bridgehead atoms. The summed E-state index contributed by atoms with van der Waals surface area (Å²) in [6.45, 7) is 0. The molecule has 1 aliphatic rings. The van der Waals surface area contributed by atoms with Crippen molar-refractivity contribution in [3.8, 4) is 0 Å². The van der Waals surface area contributed by atoms with E-state index in [0.29, 0.717) is 6.42 Å². The number of benzene rings is 1. The molecule has 0 unspecified atom stereocenters. The highest BCUT2D eigenvalue weighted by Gasteiger charge is 2.24. The monoisotopic (exact) mass is 190 g/mol. The minimum atomic E-state index is -0.496. The van der Waals surface area contributed by atoms with Crippen molar-refractivity contribution in [2.24, 2.45) is 5.92 Å². The number of hydrogen-bond donors (Lipinski definition) is 2. The smallest absolute Gasteiger partial charge is 0.0853 e. The molecular weight excluding hydrogens is 176 g/mol. The van der Waals surface area contributed by atoms with Crippen LogP contribution in [-0.2, 0) is 0 Å². The molecule has 0 radical (unpaired) electrons. The van der Waals surface area contributed by atoms with E-state index >= 15 is 0 Å². The summed E-state index contributed by atoms with van der Waals surface area (Å²) in [5.41, 5.74) is 0.913.